The fraction of sp³-hybridized carbons (Fsp3) is 0.610. The van der Waals surface area contributed by atoms with E-state index in [1.165, 1.54) is 134 Å². The van der Waals surface area contributed by atoms with Gasteiger partial charge in [0, 0.05) is 22.3 Å². The molecule has 0 atom stereocenters. The molecule has 0 aliphatic carbocycles. The number of hydrogen-bond acceptors (Lipinski definition) is 0. The number of unbranched alkanes of at least 4 members (excludes halogenated alkanes) is 9. The Morgan fingerprint density at radius 3 is 1.23 bits per heavy atom. The molecule has 0 bridgehead atoms. The molecule has 1 heterocycles. The van der Waals surface area contributed by atoms with Gasteiger partial charge in [0.05, 0.1) is 0 Å². The lowest BCUT2D eigenvalue weighted by atomic mass is 9.92. The summed E-state index contributed by atoms with van der Waals surface area (Å²) in [4.78, 5) is 0. The van der Waals surface area contributed by atoms with E-state index in [1.807, 2.05) is 0 Å². The lowest BCUT2D eigenvalue weighted by Gasteiger charge is -2.14. The van der Waals surface area contributed by atoms with E-state index >= 15 is 0 Å². The van der Waals surface area contributed by atoms with Crippen molar-refractivity contribution in [3.63, 3.8) is 0 Å². The third-order valence-corrected chi connectivity index (χ3v) is 9.23. The first kappa shape index (κ1) is 35.0. The van der Waals surface area contributed by atoms with Gasteiger partial charge in [0.2, 0.25) is 11.4 Å². The summed E-state index contributed by atoms with van der Waals surface area (Å²) in [6.07, 6.45) is 22.8. The third kappa shape index (κ3) is 10.3. The molecule has 3 rings (SSSR count). The zero-order chi connectivity index (χ0) is 31.0. The number of hydrogen-bond donors (Lipinski definition) is 0. The Hall–Kier alpha value is -2.48. The highest BCUT2D eigenvalue weighted by molar-refractivity contribution is 5.82. The Balaban J connectivity index is 2.08. The van der Waals surface area contributed by atoms with E-state index in [0.717, 1.165) is 43.5 Å². The SMILES string of the molecule is CCCCCCCCC1=C(c2cc(CCCC)cc(CCCC)c2)[N+](=[N-])C(c2cc(CCCC)cc(CCCC)c2)=C1C. The molecular weight excluding hydrogens is 520 g/mol. The maximum absolute atomic E-state index is 12.2. The smallest absolute Gasteiger partial charge is 0.211 e. The molecule has 1 aliphatic heterocycles. The van der Waals surface area contributed by atoms with Crippen molar-refractivity contribution >= 4 is 11.4 Å². The van der Waals surface area contributed by atoms with E-state index < -0.39 is 0 Å². The Bertz CT molecular complexity index is 1180. The van der Waals surface area contributed by atoms with Crippen molar-refractivity contribution < 1.29 is 4.70 Å². The second-order valence-corrected chi connectivity index (χ2v) is 13.1. The summed E-state index contributed by atoms with van der Waals surface area (Å²) in [6.45, 7) is 13.7. The van der Waals surface area contributed by atoms with Gasteiger partial charge in [-0.1, -0.05) is 105 Å². The number of benzene rings is 2. The van der Waals surface area contributed by atoms with E-state index in [1.54, 1.807) is 4.70 Å². The van der Waals surface area contributed by atoms with E-state index in [0.29, 0.717) is 0 Å². The monoisotopic (exact) mass is 582 g/mol. The molecule has 43 heavy (non-hydrogen) atoms. The molecule has 2 heteroatoms. The lowest BCUT2D eigenvalue weighted by Crippen LogP contribution is -2.05. The molecule has 0 saturated carbocycles. The number of allylic oxidation sites excluding steroid dienone is 2. The zero-order valence-electron chi connectivity index (χ0n) is 28.8. The van der Waals surface area contributed by atoms with Gasteiger partial charge in [0.1, 0.15) is 0 Å². The van der Waals surface area contributed by atoms with Gasteiger partial charge in [-0.3, -0.25) is 0 Å². The molecule has 0 radical (unpaired) electrons. The highest BCUT2D eigenvalue weighted by Crippen LogP contribution is 2.43. The van der Waals surface area contributed by atoms with Crippen LogP contribution >= 0.6 is 0 Å². The third-order valence-electron chi connectivity index (χ3n) is 9.23. The first-order chi connectivity index (χ1) is 21.0. The van der Waals surface area contributed by atoms with Crippen LogP contribution in [0.2, 0.25) is 0 Å². The molecule has 2 nitrogen and oxygen atoms in total. The zero-order valence-corrected chi connectivity index (χ0v) is 28.8. The Morgan fingerprint density at radius 2 is 0.814 bits per heavy atom. The maximum Gasteiger partial charge on any atom is 0.211 e. The Kier molecular flexibility index (Phi) is 15.5. The van der Waals surface area contributed by atoms with Crippen LogP contribution < -0.4 is 0 Å². The van der Waals surface area contributed by atoms with Crippen molar-refractivity contribution in [2.75, 3.05) is 0 Å². The fourth-order valence-electron chi connectivity index (χ4n) is 6.64. The number of aryl methyl sites for hydroxylation is 4. The van der Waals surface area contributed by atoms with Gasteiger partial charge in [-0.05, 0) is 118 Å². The minimum atomic E-state index is 1.00. The van der Waals surface area contributed by atoms with Crippen molar-refractivity contribution in [2.24, 2.45) is 0 Å². The summed E-state index contributed by atoms with van der Waals surface area (Å²) in [6, 6.07) is 14.3. The molecule has 2 aromatic rings. The highest BCUT2D eigenvalue weighted by atomic mass is 15.2. The Morgan fingerprint density at radius 1 is 0.442 bits per heavy atom. The molecule has 2 aromatic carbocycles. The summed E-state index contributed by atoms with van der Waals surface area (Å²) in [5.74, 6) is 0. The summed E-state index contributed by atoms with van der Waals surface area (Å²) in [7, 11) is 0. The molecule has 0 saturated heterocycles. The van der Waals surface area contributed by atoms with Crippen molar-refractivity contribution in [3.05, 3.63) is 86.5 Å². The quantitative estimate of drug-likeness (QED) is 0.103. The molecule has 0 amide bonds. The van der Waals surface area contributed by atoms with Crippen molar-refractivity contribution in [1.82, 2.24) is 0 Å². The van der Waals surface area contributed by atoms with Crippen molar-refractivity contribution in [1.29, 1.82) is 0 Å². The molecule has 0 spiro atoms. The van der Waals surface area contributed by atoms with Crippen LogP contribution in [0.25, 0.3) is 16.9 Å². The van der Waals surface area contributed by atoms with E-state index in [2.05, 4.69) is 77.9 Å². The van der Waals surface area contributed by atoms with Gasteiger partial charge in [0.25, 0.3) is 0 Å². The van der Waals surface area contributed by atoms with Crippen LogP contribution in [0, 0.1) is 0 Å². The molecule has 0 unspecified atom stereocenters. The standard InChI is InChI=1S/C41H62N2/c1-7-12-17-18-19-20-25-39-32(6)40(37-28-33(21-13-8-2)26-34(29-37)22-14-9-3)43(42)41(39)38-30-35(23-15-10-4)27-36(31-38)24-16-11-5/h26-31H,7-25H2,1-6H3. The predicted molar refractivity (Wildman–Crippen MR) is 188 cm³/mol. The second kappa shape index (κ2) is 19.0. The molecule has 0 N–H and O–H groups in total. The minimum Gasteiger partial charge on any atom is -0.493 e. The first-order valence-corrected chi connectivity index (χ1v) is 18.2. The summed E-state index contributed by atoms with van der Waals surface area (Å²) < 4.78 is 1.59. The second-order valence-electron chi connectivity index (χ2n) is 13.1. The van der Waals surface area contributed by atoms with E-state index in [4.69, 9.17) is 0 Å². The van der Waals surface area contributed by atoms with Crippen LogP contribution in [0.3, 0.4) is 0 Å². The molecular formula is C41H62N2. The van der Waals surface area contributed by atoms with Crippen LogP contribution in [0.5, 0.6) is 0 Å². The van der Waals surface area contributed by atoms with Crippen LogP contribution in [0.15, 0.2) is 47.5 Å². The Labute approximate surface area is 265 Å². The van der Waals surface area contributed by atoms with Gasteiger partial charge >= 0.3 is 0 Å². The number of rotatable bonds is 21. The molecule has 1 aliphatic rings. The van der Waals surface area contributed by atoms with Crippen molar-refractivity contribution in [3.8, 4) is 0 Å². The van der Waals surface area contributed by atoms with Crippen LogP contribution in [0.1, 0.15) is 171 Å². The van der Waals surface area contributed by atoms with Gasteiger partial charge in [-0.25, -0.2) is 4.70 Å². The summed E-state index contributed by atoms with van der Waals surface area (Å²) in [5, 5.41) is 0. The van der Waals surface area contributed by atoms with E-state index in [-0.39, 0.29) is 0 Å². The van der Waals surface area contributed by atoms with Gasteiger partial charge in [-0.15, -0.1) is 0 Å². The van der Waals surface area contributed by atoms with Gasteiger partial charge in [-0.2, -0.15) is 0 Å². The highest BCUT2D eigenvalue weighted by Gasteiger charge is 2.34. The number of nitrogens with zero attached hydrogens (tertiary/aromatic N) is 2. The molecule has 0 aromatic heterocycles. The minimum absolute atomic E-state index is 1.00. The van der Waals surface area contributed by atoms with Gasteiger partial charge < -0.3 is 5.53 Å². The van der Waals surface area contributed by atoms with Crippen LogP contribution in [-0.2, 0) is 25.7 Å². The fourth-order valence-corrected chi connectivity index (χ4v) is 6.64. The van der Waals surface area contributed by atoms with E-state index in [9.17, 15) is 5.53 Å². The lowest BCUT2D eigenvalue weighted by molar-refractivity contribution is -0.345. The van der Waals surface area contributed by atoms with Crippen molar-refractivity contribution in [2.45, 2.75) is 164 Å². The van der Waals surface area contributed by atoms with Gasteiger partial charge in [0.15, 0.2) is 0 Å². The predicted octanol–water partition coefficient (Wildman–Crippen LogP) is 13.0. The molecule has 0 fully saturated rings. The summed E-state index contributed by atoms with van der Waals surface area (Å²) in [5.41, 5.74) is 24.8. The maximum atomic E-state index is 12.2. The average Bonchev–Trinajstić information content (AvgIpc) is 3.26. The first-order valence-electron chi connectivity index (χ1n) is 18.2. The molecule has 236 valence electrons. The average molecular weight is 583 g/mol. The largest absolute Gasteiger partial charge is 0.493 e. The van der Waals surface area contributed by atoms with Crippen LogP contribution in [0.4, 0.5) is 0 Å². The van der Waals surface area contributed by atoms with Crippen LogP contribution in [-0.4, -0.2) is 4.70 Å². The topological polar surface area (TPSA) is 25.3 Å². The summed E-state index contributed by atoms with van der Waals surface area (Å²) >= 11 is 0. The normalized spacial score (nSPS) is 13.6.